The van der Waals surface area contributed by atoms with Crippen LogP contribution in [0.3, 0.4) is 0 Å². The van der Waals surface area contributed by atoms with Crippen molar-refractivity contribution in [1.29, 1.82) is 0 Å². The Balaban J connectivity index is 3.74. The summed E-state index contributed by atoms with van der Waals surface area (Å²) >= 11 is 0. The molecule has 0 aromatic carbocycles. The van der Waals surface area contributed by atoms with E-state index < -0.39 is 20.6 Å². The van der Waals surface area contributed by atoms with Gasteiger partial charge in [0.2, 0.25) is 0 Å². The lowest BCUT2D eigenvalue weighted by molar-refractivity contribution is -0.870. The zero-order chi connectivity index (χ0) is 14.2. The van der Waals surface area contributed by atoms with Crippen molar-refractivity contribution in [2.24, 2.45) is 5.73 Å². The summed E-state index contributed by atoms with van der Waals surface area (Å²) in [6.45, 7) is 1.56. The fourth-order valence-corrected chi connectivity index (χ4v) is 1.68. The molecular weight excluding hydrogens is 259 g/mol. The molecule has 2 atom stereocenters. The van der Waals surface area contributed by atoms with Gasteiger partial charge in [0.1, 0.15) is 19.2 Å². The van der Waals surface area contributed by atoms with Gasteiger partial charge < -0.3 is 28.9 Å². The number of quaternary nitrogens is 1. The second kappa shape index (κ2) is 8.74. The Labute approximate surface area is 109 Å². The fourth-order valence-electron chi connectivity index (χ4n) is 0.910. The first-order valence-electron chi connectivity index (χ1n) is 5.65. The van der Waals surface area contributed by atoms with Gasteiger partial charge in [-0.05, 0) is 6.42 Å². The van der Waals surface area contributed by atoms with E-state index in [2.05, 4.69) is 21.1 Å². The van der Waals surface area contributed by atoms with Crippen LogP contribution in [-0.4, -0.2) is 69.6 Å². The van der Waals surface area contributed by atoms with Crippen LogP contribution in [0.1, 0.15) is 6.42 Å². The first-order valence-corrected chi connectivity index (χ1v) is 6.74. The topological polar surface area (TPSA) is 91.0 Å². The Morgan fingerprint density at radius 1 is 1.33 bits per heavy atom. The molecule has 18 heavy (non-hydrogen) atoms. The van der Waals surface area contributed by atoms with Gasteiger partial charge in [-0.25, -0.2) is 0 Å². The second-order valence-electron chi connectivity index (χ2n) is 4.82. The summed E-state index contributed by atoms with van der Waals surface area (Å²) in [6, 6.07) is -0.912. The maximum Gasteiger partial charge on any atom is 0.332 e. The lowest BCUT2D eigenvalue weighted by Gasteiger charge is -2.24. The lowest BCUT2D eigenvalue weighted by Crippen LogP contribution is -2.37. The Morgan fingerprint density at radius 2 is 1.89 bits per heavy atom. The molecule has 0 radical (unpaired) electrons. The lowest BCUT2D eigenvalue weighted by atomic mass is 10.2. The molecule has 0 amide bonds. The number of carboxylic acids is 1. The monoisotopic (exact) mass is 283 g/mol. The summed E-state index contributed by atoms with van der Waals surface area (Å²) in [4.78, 5) is 10.5. The van der Waals surface area contributed by atoms with Crippen LogP contribution in [0.25, 0.3) is 0 Å². The standard InChI is InChI=1S/C10H23N2O5P/c1-12(2,3)6-8-17-18(15-4)16-7-5-9(11)10(13)14/h9H,5-8,11H2,1-4H3/p+1. The average molecular weight is 283 g/mol. The number of carboxylic acid groups (broad SMARTS) is 1. The first-order chi connectivity index (χ1) is 8.26. The minimum atomic E-state index is -1.42. The number of hydrogen-bond acceptors (Lipinski definition) is 5. The molecule has 0 aliphatic rings. The van der Waals surface area contributed by atoms with Crippen molar-refractivity contribution in [3.63, 3.8) is 0 Å². The largest absolute Gasteiger partial charge is 0.480 e. The highest BCUT2D eigenvalue weighted by Crippen LogP contribution is 2.38. The van der Waals surface area contributed by atoms with E-state index in [0.29, 0.717) is 6.61 Å². The molecule has 0 aliphatic carbocycles. The van der Waals surface area contributed by atoms with E-state index in [1.807, 2.05) is 0 Å². The zero-order valence-electron chi connectivity index (χ0n) is 11.5. The molecule has 3 N–H and O–H groups in total. The molecule has 0 rings (SSSR count). The Bertz CT molecular complexity index is 247. The third-order valence-corrected chi connectivity index (χ3v) is 3.14. The van der Waals surface area contributed by atoms with Gasteiger partial charge in [0.15, 0.2) is 0 Å². The van der Waals surface area contributed by atoms with Crippen molar-refractivity contribution >= 4 is 14.6 Å². The smallest absolute Gasteiger partial charge is 0.332 e. The van der Waals surface area contributed by atoms with E-state index in [1.54, 1.807) is 0 Å². The highest BCUT2D eigenvalue weighted by atomic mass is 31.2. The van der Waals surface area contributed by atoms with Crippen LogP contribution in [0.5, 0.6) is 0 Å². The first kappa shape index (κ1) is 17.7. The van der Waals surface area contributed by atoms with Crippen molar-refractivity contribution in [1.82, 2.24) is 0 Å². The van der Waals surface area contributed by atoms with Crippen molar-refractivity contribution in [3.8, 4) is 0 Å². The number of likely N-dealkylation sites (N-methyl/N-ethyl adjacent to an activating group) is 1. The van der Waals surface area contributed by atoms with Crippen LogP contribution in [0, 0.1) is 0 Å². The number of nitrogens with two attached hydrogens (primary N) is 1. The van der Waals surface area contributed by atoms with E-state index in [4.69, 9.17) is 24.4 Å². The maximum absolute atomic E-state index is 10.5. The molecule has 0 aromatic heterocycles. The van der Waals surface area contributed by atoms with Gasteiger partial charge in [-0.3, -0.25) is 4.79 Å². The van der Waals surface area contributed by atoms with E-state index >= 15 is 0 Å². The van der Waals surface area contributed by atoms with E-state index in [-0.39, 0.29) is 13.0 Å². The van der Waals surface area contributed by atoms with Crippen LogP contribution in [0.2, 0.25) is 0 Å². The fraction of sp³-hybridized carbons (Fsp3) is 0.900. The molecule has 0 fully saturated rings. The van der Waals surface area contributed by atoms with Crippen LogP contribution >= 0.6 is 8.60 Å². The van der Waals surface area contributed by atoms with Crippen molar-refractivity contribution in [2.45, 2.75) is 12.5 Å². The SMILES string of the molecule is COP(OCCC(N)C(=O)O)OCC[N+](C)(C)C. The second-order valence-corrected chi connectivity index (χ2v) is 6.15. The predicted octanol–water partition coefficient (Wildman–Crippen LogP) is 0.401. The number of carbonyl (C=O) groups is 1. The third kappa shape index (κ3) is 9.70. The molecule has 0 heterocycles. The third-order valence-electron chi connectivity index (χ3n) is 2.05. The predicted molar refractivity (Wildman–Crippen MR) is 69.0 cm³/mol. The van der Waals surface area contributed by atoms with Gasteiger partial charge in [0.25, 0.3) is 0 Å². The Hall–Kier alpha value is -0.300. The summed E-state index contributed by atoms with van der Waals surface area (Å²) in [7, 11) is 6.26. The molecule has 2 unspecified atom stereocenters. The van der Waals surface area contributed by atoms with Gasteiger partial charge in [-0.15, -0.1) is 0 Å². The summed E-state index contributed by atoms with van der Waals surface area (Å²) in [6.07, 6.45) is 0.232. The molecule has 7 nitrogen and oxygen atoms in total. The number of nitrogens with zero attached hydrogens (tertiary/aromatic N) is 1. The van der Waals surface area contributed by atoms with Crippen molar-refractivity contribution in [3.05, 3.63) is 0 Å². The van der Waals surface area contributed by atoms with E-state index in [9.17, 15) is 4.79 Å². The van der Waals surface area contributed by atoms with Gasteiger partial charge in [-0.2, -0.15) is 0 Å². The van der Waals surface area contributed by atoms with Crippen molar-refractivity contribution in [2.75, 3.05) is 48.0 Å². The van der Waals surface area contributed by atoms with Crippen molar-refractivity contribution < 1.29 is 28.0 Å². The summed E-state index contributed by atoms with van der Waals surface area (Å²) < 4.78 is 16.5. The molecular formula is C10H24N2O5P+. The number of aliphatic carboxylic acids is 1. The number of rotatable bonds is 10. The summed E-state index contributed by atoms with van der Waals surface area (Å²) in [5, 5.41) is 8.60. The minimum Gasteiger partial charge on any atom is -0.480 e. The average Bonchev–Trinajstić information content (AvgIpc) is 2.24. The highest BCUT2D eigenvalue weighted by molar-refractivity contribution is 7.41. The van der Waals surface area contributed by atoms with E-state index in [1.165, 1.54) is 7.11 Å². The summed E-state index contributed by atoms with van der Waals surface area (Å²) in [5.41, 5.74) is 5.34. The van der Waals surface area contributed by atoms with Crippen LogP contribution in [-0.2, 0) is 18.4 Å². The van der Waals surface area contributed by atoms with Crippen LogP contribution in [0.15, 0.2) is 0 Å². The quantitative estimate of drug-likeness (QED) is 0.445. The normalized spacial score (nSPS) is 15.4. The maximum atomic E-state index is 10.5. The van der Waals surface area contributed by atoms with Gasteiger partial charge in [-0.1, -0.05) is 0 Å². The Morgan fingerprint density at radius 3 is 2.33 bits per heavy atom. The minimum absolute atomic E-state index is 0.206. The molecule has 0 aromatic rings. The van der Waals surface area contributed by atoms with Gasteiger partial charge >= 0.3 is 14.6 Å². The van der Waals surface area contributed by atoms with E-state index in [0.717, 1.165) is 11.0 Å². The molecule has 0 spiro atoms. The summed E-state index contributed by atoms with van der Waals surface area (Å²) in [5.74, 6) is -1.04. The molecule has 0 saturated heterocycles. The Kier molecular flexibility index (Phi) is 8.60. The van der Waals surface area contributed by atoms with Gasteiger partial charge in [0, 0.05) is 7.11 Å². The molecule has 8 heteroatoms. The zero-order valence-corrected chi connectivity index (χ0v) is 12.4. The highest BCUT2D eigenvalue weighted by Gasteiger charge is 2.16. The molecule has 0 saturated carbocycles. The molecule has 0 aliphatic heterocycles. The number of hydrogen-bond donors (Lipinski definition) is 2. The van der Waals surface area contributed by atoms with Crippen LogP contribution < -0.4 is 5.73 Å². The van der Waals surface area contributed by atoms with Gasteiger partial charge in [0.05, 0.1) is 27.7 Å². The van der Waals surface area contributed by atoms with Crippen LogP contribution in [0.4, 0.5) is 0 Å². The molecule has 108 valence electrons. The molecule has 0 bridgehead atoms.